The molecule has 3 rings (SSSR count). The first-order valence-corrected chi connectivity index (χ1v) is 10.0. The zero-order valence-corrected chi connectivity index (χ0v) is 17.5. The van der Waals surface area contributed by atoms with Crippen LogP contribution in [0.3, 0.4) is 0 Å². The molecule has 9 nitrogen and oxygen atoms in total. The molecule has 1 fully saturated rings. The number of benzene rings is 1. The Kier molecular flexibility index (Phi) is 6.99. The molecule has 2 atom stereocenters. The van der Waals surface area contributed by atoms with Gasteiger partial charge in [0.25, 0.3) is 18.2 Å². The van der Waals surface area contributed by atoms with Crippen LogP contribution in [-0.2, 0) is 15.1 Å². The Morgan fingerprint density at radius 3 is 2.78 bits per heavy atom. The van der Waals surface area contributed by atoms with Gasteiger partial charge in [-0.25, -0.2) is 18.7 Å². The second kappa shape index (κ2) is 9.53. The van der Waals surface area contributed by atoms with E-state index in [1.54, 1.807) is 6.92 Å². The van der Waals surface area contributed by atoms with Crippen LogP contribution >= 0.6 is 0 Å². The summed E-state index contributed by atoms with van der Waals surface area (Å²) in [7, 11) is 0. The molecule has 1 aromatic carbocycles. The Bertz CT molecular complexity index is 1010. The number of hydrogen-bond acceptors (Lipinski definition) is 7. The van der Waals surface area contributed by atoms with Gasteiger partial charge >= 0.3 is 0 Å². The molecular formula is C21H25F2N5O4. The van der Waals surface area contributed by atoms with Crippen LogP contribution in [0.15, 0.2) is 24.4 Å². The second-order valence-electron chi connectivity index (χ2n) is 7.72. The highest BCUT2D eigenvalue weighted by molar-refractivity contribution is 5.96. The topological polar surface area (TPSA) is 153 Å². The molecule has 0 radical (unpaired) electrons. The fourth-order valence-corrected chi connectivity index (χ4v) is 3.49. The zero-order valence-electron chi connectivity index (χ0n) is 17.5. The number of carbonyl (C=O) groups excluding carboxylic acids is 2. The molecule has 1 saturated heterocycles. The van der Waals surface area contributed by atoms with E-state index >= 15 is 0 Å². The Hall–Kier alpha value is -3.18. The summed E-state index contributed by atoms with van der Waals surface area (Å²) in [5, 5.41) is 13.0. The maximum absolute atomic E-state index is 13.5. The Morgan fingerprint density at radius 2 is 2.16 bits per heavy atom. The van der Waals surface area contributed by atoms with Crippen LogP contribution in [0.2, 0.25) is 0 Å². The van der Waals surface area contributed by atoms with Crippen molar-refractivity contribution in [1.29, 1.82) is 0 Å². The maximum Gasteiger partial charge on any atom is 0.280 e. The first-order chi connectivity index (χ1) is 15.1. The van der Waals surface area contributed by atoms with Gasteiger partial charge < -0.3 is 26.6 Å². The minimum Gasteiger partial charge on any atom is -0.382 e. The lowest BCUT2D eigenvalue weighted by Crippen LogP contribution is -2.47. The Labute approximate surface area is 183 Å². The van der Waals surface area contributed by atoms with Crippen LogP contribution in [-0.4, -0.2) is 53.1 Å². The minimum atomic E-state index is -3.44. The third-order valence-electron chi connectivity index (χ3n) is 5.52. The minimum absolute atomic E-state index is 0.0921. The number of alkyl halides is 2. The normalized spacial score (nSPS) is 17.8. The molecule has 1 aromatic heterocycles. The number of carbonyl (C=O) groups is 2. The van der Waals surface area contributed by atoms with Crippen LogP contribution in [0.1, 0.15) is 34.5 Å². The molecule has 2 unspecified atom stereocenters. The molecule has 0 spiro atoms. The van der Waals surface area contributed by atoms with Gasteiger partial charge in [0.2, 0.25) is 5.60 Å². The highest BCUT2D eigenvalue weighted by Gasteiger charge is 2.46. The fourth-order valence-electron chi connectivity index (χ4n) is 3.49. The molecule has 32 heavy (non-hydrogen) atoms. The van der Waals surface area contributed by atoms with E-state index in [4.69, 9.17) is 16.2 Å². The molecule has 172 valence electrons. The van der Waals surface area contributed by atoms with Crippen molar-refractivity contribution in [2.45, 2.75) is 31.8 Å². The standard InChI is InChI=1S/C21H25F2N5O4/c1-11-2-3-13(21(31,19(22)23)20(25)30)8-14(11)15-9-27-17(24)16(28-15)18(29)26-6-4-12-5-7-32-10-12/h2-3,8-9,12,19,31H,4-7,10H2,1H3,(H2,24,27)(H2,25,30)(H,26,29). The molecule has 11 heteroatoms. The molecule has 2 amide bonds. The third kappa shape index (κ3) is 4.68. The summed E-state index contributed by atoms with van der Waals surface area (Å²) >= 11 is 0. The van der Waals surface area contributed by atoms with E-state index in [0.29, 0.717) is 31.2 Å². The van der Waals surface area contributed by atoms with Gasteiger partial charge in [0.15, 0.2) is 11.5 Å². The SMILES string of the molecule is Cc1ccc(C(O)(C(N)=O)C(F)F)cc1-c1cnc(N)c(C(=O)NCCC2CCOC2)n1. The van der Waals surface area contributed by atoms with Crippen molar-refractivity contribution in [2.75, 3.05) is 25.5 Å². The number of amides is 2. The summed E-state index contributed by atoms with van der Waals surface area (Å²) in [5.74, 6) is -1.82. The van der Waals surface area contributed by atoms with E-state index in [1.165, 1.54) is 24.4 Å². The van der Waals surface area contributed by atoms with Gasteiger partial charge in [0, 0.05) is 25.3 Å². The summed E-state index contributed by atoms with van der Waals surface area (Å²) in [4.78, 5) is 32.4. The number of aromatic nitrogens is 2. The number of ether oxygens (including phenoxy) is 1. The quantitative estimate of drug-likeness (QED) is 0.471. The van der Waals surface area contributed by atoms with Crippen LogP contribution in [0.4, 0.5) is 14.6 Å². The summed E-state index contributed by atoms with van der Waals surface area (Å²) in [6, 6.07) is 3.79. The second-order valence-corrected chi connectivity index (χ2v) is 7.72. The number of aryl methyl sites for hydroxylation is 1. The van der Waals surface area contributed by atoms with Crippen molar-refractivity contribution >= 4 is 17.6 Å². The van der Waals surface area contributed by atoms with Gasteiger partial charge in [-0.1, -0.05) is 12.1 Å². The Balaban J connectivity index is 1.88. The molecular weight excluding hydrogens is 424 g/mol. The molecule has 0 saturated carbocycles. The fraction of sp³-hybridized carbons (Fsp3) is 0.429. The number of nitrogen functional groups attached to an aromatic ring is 1. The highest BCUT2D eigenvalue weighted by Crippen LogP contribution is 2.33. The van der Waals surface area contributed by atoms with Crippen LogP contribution in [0, 0.1) is 12.8 Å². The van der Waals surface area contributed by atoms with Crippen LogP contribution in [0.5, 0.6) is 0 Å². The first kappa shape index (κ1) is 23.5. The molecule has 0 aliphatic carbocycles. The van der Waals surface area contributed by atoms with Crippen molar-refractivity contribution in [1.82, 2.24) is 15.3 Å². The van der Waals surface area contributed by atoms with Crippen LogP contribution in [0.25, 0.3) is 11.3 Å². The lowest BCUT2D eigenvalue weighted by molar-refractivity contribution is -0.156. The van der Waals surface area contributed by atoms with Gasteiger partial charge in [-0.15, -0.1) is 0 Å². The number of hydrogen-bond donors (Lipinski definition) is 4. The van der Waals surface area contributed by atoms with Crippen molar-refractivity contribution < 1.29 is 28.2 Å². The summed E-state index contributed by atoms with van der Waals surface area (Å²) in [6.07, 6.45) is -0.474. The van der Waals surface area contributed by atoms with Gasteiger partial charge in [-0.05, 0) is 42.9 Å². The number of nitrogens with one attached hydrogen (secondary N) is 1. The van der Waals surface area contributed by atoms with Gasteiger partial charge in [0.1, 0.15) is 0 Å². The van der Waals surface area contributed by atoms with E-state index in [-0.39, 0.29) is 22.8 Å². The third-order valence-corrected chi connectivity index (χ3v) is 5.52. The number of halogens is 2. The predicted molar refractivity (Wildman–Crippen MR) is 112 cm³/mol. The van der Waals surface area contributed by atoms with Crippen molar-refractivity contribution in [3.63, 3.8) is 0 Å². The van der Waals surface area contributed by atoms with Crippen molar-refractivity contribution in [2.24, 2.45) is 11.7 Å². The number of anilines is 1. The van der Waals surface area contributed by atoms with Crippen molar-refractivity contribution in [3.05, 3.63) is 41.2 Å². The van der Waals surface area contributed by atoms with Gasteiger partial charge in [0.05, 0.1) is 11.9 Å². The first-order valence-electron chi connectivity index (χ1n) is 10.0. The molecule has 2 aromatic rings. The number of primary amides is 1. The Morgan fingerprint density at radius 1 is 1.41 bits per heavy atom. The van der Waals surface area contributed by atoms with Crippen LogP contribution < -0.4 is 16.8 Å². The molecule has 6 N–H and O–H groups in total. The monoisotopic (exact) mass is 449 g/mol. The highest BCUT2D eigenvalue weighted by atomic mass is 19.3. The molecule has 1 aliphatic rings. The summed E-state index contributed by atoms with van der Waals surface area (Å²) in [6.45, 7) is 3.46. The summed E-state index contributed by atoms with van der Waals surface area (Å²) in [5.41, 5.74) is 8.20. The van der Waals surface area contributed by atoms with E-state index < -0.39 is 29.4 Å². The maximum atomic E-state index is 13.5. The van der Waals surface area contributed by atoms with Crippen molar-refractivity contribution in [3.8, 4) is 11.3 Å². The smallest absolute Gasteiger partial charge is 0.280 e. The number of nitrogens with zero attached hydrogens (tertiary/aromatic N) is 2. The number of aliphatic hydroxyl groups is 1. The molecule has 0 bridgehead atoms. The average molecular weight is 449 g/mol. The van der Waals surface area contributed by atoms with E-state index in [2.05, 4.69) is 15.3 Å². The average Bonchev–Trinajstić information content (AvgIpc) is 3.27. The predicted octanol–water partition coefficient (Wildman–Crippen LogP) is 1.13. The van der Waals surface area contributed by atoms with E-state index in [9.17, 15) is 23.5 Å². The molecule has 1 aliphatic heterocycles. The lowest BCUT2D eigenvalue weighted by Gasteiger charge is -2.25. The zero-order chi connectivity index (χ0) is 23.5. The lowest BCUT2D eigenvalue weighted by atomic mass is 9.90. The van der Waals surface area contributed by atoms with E-state index in [0.717, 1.165) is 12.8 Å². The number of rotatable bonds is 8. The van der Waals surface area contributed by atoms with E-state index in [1.807, 2.05) is 0 Å². The van der Waals surface area contributed by atoms with Gasteiger partial charge in [-0.2, -0.15) is 0 Å². The summed E-state index contributed by atoms with van der Waals surface area (Å²) < 4.78 is 32.2. The number of nitrogens with two attached hydrogens (primary N) is 2. The largest absolute Gasteiger partial charge is 0.382 e. The van der Waals surface area contributed by atoms with Gasteiger partial charge in [-0.3, -0.25) is 9.59 Å². The molecule has 2 heterocycles.